The average Bonchev–Trinajstić information content (AvgIpc) is 2.69. The second-order valence-electron chi connectivity index (χ2n) is 2.86. The number of hydrogen-bond donors (Lipinski definition) is 3. The summed E-state index contributed by atoms with van der Waals surface area (Å²) in [5.74, 6) is -0.604. The van der Waals surface area contributed by atoms with Crippen LogP contribution in [0.3, 0.4) is 0 Å². The van der Waals surface area contributed by atoms with E-state index in [0.717, 1.165) is 3.79 Å². The molecule has 0 aliphatic carbocycles. The number of halogens is 1. The number of nitrogens with one attached hydrogen (secondary N) is 2. The van der Waals surface area contributed by atoms with E-state index in [1.54, 1.807) is 12.1 Å². The molecule has 0 saturated carbocycles. The fourth-order valence-corrected chi connectivity index (χ4v) is 2.24. The van der Waals surface area contributed by atoms with Crippen molar-refractivity contribution in [2.24, 2.45) is 0 Å². The van der Waals surface area contributed by atoms with Crippen LogP contribution >= 0.6 is 27.3 Å². The highest BCUT2D eigenvalue weighted by molar-refractivity contribution is 9.11. The first-order chi connectivity index (χ1) is 7.63. The van der Waals surface area contributed by atoms with Crippen molar-refractivity contribution in [1.82, 2.24) is 10.6 Å². The summed E-state index contributed by atoms with van der Waals surface area (Å²) in [7, 11) is 0. The molecule has 0 bridgehead atoms. The highest BCUT2D eigenvalue weighted by Crippen LogP contribution is 2.21. The van der Waals surface area contributed by atoms with E-state index >= 15 is 0 Å². The summed E-state index contributed by atoms with van der Waals surface area (Å²) in [6.07, 6.45) is 0. The van der Waals surface area contributed by atoms with Crippen molar-refractivity contribution >= 4 is 39.1 Å². The van der Waals surface area contributed by atoms with Crippen LogP contribution in [0.25, 0.3) is 0 Å². The summed E-state index contributed by atoms with van der Waals surface area (Å²) in [6.45, 7) is -0.00877. The topological polar surface area (TPSA) is 78.4 Å². The maximum atomic E-state index is 11.5. The first-order valence-corrected chi connectivity index (χ1v) is 6.15. The lowest BCUT2D eigenvalue weighted by Crippen LogP contribution is -2.37. The second-order valence-corrected chi connectivity index (χ2v) is 5.32. The first-order valence-electron chi connectivity index (χ1n) is 4.54. The summed E-state index contributed by atoms with van der Waals surface area (Å²) >= 11 is 4.54. The van der Waals surface area contributed by atoms with Crippen molar-refractivity contribution in [3.05, 3.63) is 20.8 Å². The summed E-state index contributed by atoms with van der Waals surface area (Å²) in [5, 5.41) is 13.4. The third-order valence-corrected chi connectivity index (χ3v) is 3.26. The van der Waals surface area contributed by atoms with Crippen molar-refractivity contribution in [2.75, 3.05) is 19.7 Å². The van der Waals surface area contributed by atoms with E-state index in [0.29, 0.717) is 4.88 Å². The number of thiophene rings is 1. The van der Waals surface area contributed by atoms with E-state index in [1.165, 1.54) is 11.3 Å². The lowest BCUT2D eigenvalue weighted by atomic mass is 10.4. The summed E-state index contributed by atoms with van der Waals surface area (Å²) in [5.41, 5.74) is 0. The number of aliphatic hydroxyl groups is 1. The van der Waals surface area contributed by atoms with Crippen LogP contribution in [-0.2, 0) is 4.79 Å². The van der Waals surface area contributed by atoms with Gasteiger partial charge in [0, 0.05) is 6.54 Å². The van der Waals surface area contributed by atoms with Gasteiger partial charge < -0.3 is 15.7 Å². The summed E-state index contributed by atoms with van der Waals surface area (Å²) < 4.78 is 0.863. The van der Waals surface area contributed by atoms with Gasteiger partial charge in [-0.05, 0) is 28.1 Å². The van der Waals surface area contributed by atoms with Gasteiger partial charge in [0.05, 0.1) is 21.8 Å². The fourth-order valence-electron chi connectivity index (χ4n) is 0.942. The maximum Gasteiger partial charge on any atom is 0.261 e. The average molecular weight is 307 g/mol. The Balaban J connectivity index is 2.33. The van der Waals surface area contributed by atoms with E-state index < -0.39 is 0 Å². The van der Waals surface area contributed by atoms with Gasteiger partial charge in [-0.15, -0.1) is 11.3 Å². The third-order valence-electron chi connectivity index (χ3n) is 1.64. The van der Waals surface area contributed by atoms with Crippen molar-refractivity contribution in [1.29, 1.82) is 0 Å². The number of carbonyl (C=O) groups is 2. The Kier molecular flexibility index (Phi) is 5.44. The minimum atomic E-state index is -0.321. The minimum absolute atomic E-state index is 0.0889. The highest BCUT2D eigenvalue weighted by atomic mass is 79.9. The van der Waals surface area contributed by atoms with E-state index in [9.17, 15) is 9.59 Å². The Hall–Kier alpha value is -0.920. The molecule has 1 aromatic rings. The second kappa shape index (κ2) is 6.62. The van der Waals surface area contributed by atoms with Crippen LogP contribution in [0.1, 0.15) is 9.67 Å². The van der Waals surface area contributed by atoms with Crippen molar-refractivity contribution in [3.8, 4) is 0 Å². The molecule has 16 heavy (non-hydrogen) atoms. The van der Waals surface area contributed by atoms with Crippen LogP contribution in [-0.4, -0.2) is 36.6 Å². The molecule has 3 N–H and O–H groups in total. The Bertz CT molecular complexity index is 381. The molecule has 7 heteroatoms. The van der Waals surface area contributed by atoms with Crippen LogP contribution in [0, 0.1) is 0 Å². The first kappa shape index (κ1) is 13.1. The Morgan fingerprint density at radius 3 is 2.69 bits per heavy atom. The number of hydrogen-bond acceptors (Lipinski definition) is 4. The van der Waals surface area contributed by atoms with Gasteiger partial charge in [-0.1, -0.05) is 0 Å². The quantitative estimate of drug-likeness (QED) is 0.734. The van der Waals surface area contributed by atoms with Crippen LogP contribution in [0.2, 0.25) is 0 Å². The van der Waals surface area contributed by atoms with Gasteiger partial charge in [-0.25, -0.2) is 0 Å². The van der Waals surface area contributed by atoms with Gasteiger partial charge in [0.2, 0.25) is 5.91 Å². The fraction of sp³-hybridized carbons (Fsp3) is 0.333. The summed E-state index contributed by atoms with van der Waals surface area (Å²) in [4.78, 5) is 23.1. The Morgan fingerprint density at radius 1 is 1.38 bits per heavy atom. The molecule has 0 unspecified atom stereocenters. The molecule has 0 atom stereocenters. The molecule has 0 fully saturated rings. The van der Waals surface area contributed by atoms with Gasteiger partial charge in [0.15, 0.2) is 0 Å². The zero-order valence-corrected chi connectivity index (χ0v) is 10.7. The SMILES string of the molecule is O=C(CNC(=O)c1ccc(Br)s1)NCCO. The molecule has 0 saturated heterocycles. The molecule has 0 aromatic carbocycles. The molecule has 0 spiro atoms. The number of amides is 2. The Labute approximate surface area is 105 Å². The smallest absolute Gasteiger partial charge is 0.261 e. The largest absolute Gasteiger partial charge is 0.395 e. The molecule has 1 aromatic heterocycles. The van der Waals surface area contributed by atoms with Crippen LogP contribution in [0.5, 0.6) is 0 Å². The molecule has 2 amide bonds. The molecular weight excluding hydrogens is 296 g/mol. The van der Waals surface area contributed by atoms with Gasteiger partial charge in [0.1, 0.15) is 0 Å². The van der Waals surface area contributed by atoms with Gasteiger partial charge in [0.25, 0.3) is 5.91 Å². The number of aliphatic hydroxyl groups excluding tert-OH is 1. The highest BCUT2D eigenvalue weighted by Gasteiger charge is 2.09. The van der Waals surface area contributed by atoms with Crippen LogP contribution in [0.15, 0.2) is 15.9 Å². The third kappa shape index (κ3) is 4.30. The zero-order chi connectivity index (χ0) is 12.0. The van der Waals surface area contributed by atoms with Crippen LogP contribution in [0.4, 0.5) is 0 Å². The molecule has 5 nitrogen and oxygen atoms in total. The Morgan fingerprint density at radius 2 is 2.12 bits per heavy atom. The normalized spacial score (nSPS) is 9.88. The molecule has 0 aliphatic heterocycles. The van der Waals surface area contributed by atoms with E-state index in [1.807, 2.05) is 0 Å². The zero-order valence-electron chi connectivity index (χ0n) is 8.33. The number of rotatable bonds is 5. The van der Waals surface area contributed by atoms with E-state index in [2.05, 4.69) is 26.6 Å². The van der Waals surface area contributed by atoms with Gasteiger partial charge >= 0.3 is 0 Å². The monoisotopic (exact) mass is 306 g/mol. The molecule has 88 valence electrons. The predicted octanol–water partition coefficient (Wildman–Crippen LogP) is 0.349. The van der Waals surface area contributed by atoms with Crippen molar-refractivity contribution in [3.63, 3.8) is 0 Å². The van der Waals surface area contributed by atoms with Gasteiger partial charge in [-0.3, -0.25) is 9.59 Å². The predicted molar refractivity (Wildman–Crippen MR) is 64.4 cm³/mol. The molecule has 0 aliphatic rings. The lowest BCUT2D eigenvalue weighted by molar-refractivity contribution is -0.120. The molecule has 0 radical (unpaired) electrons. The van der Waals surface area contributed by atoms with Crippen molar-refractivity contribution < 1.29 is 14.7 Å². The van der Waals surface area contributed by atoms with Gasteiger partial charge in [-0.2, -0.15) is 0 Å². The standard InChI is InChI=1S/C9H11BrN2O3S/c10-7-2-1-6(16-7)9(15)12-5-8(14)11-3-4-13/h1-2,13H,3-5H2,(H,11,14)(H,12,15). The van der Waals surface area contributed by atoms with Crippen LogP contribution < -0.4 is 10.6 Å². The number of carbonyl (C=O) groups excluding carboxylic acids is 2. The van der Waals surface area contributed by atoms with E-state index in [4.69, 9.17) is 5.11 Å². The maximum absolute atomic E-state index is 11.5. The van der Waals surface area contributed by atoms with E-state index in [-0.39, 0.29) is 31.5 Å². The molecule has 1 rings (SSSR count). The van der Waals surface area contributed by atoms with Crippen molar-refractivity contribution in [2.45, 2.75) is 0 Å². The minimum Gasteiger partial charge on any atom is -0.395 e. The lowest BCUT2D eigenvalue weighted by Gasteiger charge is -2.04. The molecule has 1 heterocycles. The molecular formula is C9H11BrN2O3S. The summed E-state index contributed by atoms with van der Waals surface area (Å²) in [6, 6.07) is 3.45.